The van der Waals surface area contributed by atoms with Crippen LogP contribution in [0.25, 0.3) is 0 Å². The summed E-state index contributed by atoms with van der Waals surface area (Å²) >= 11 is 0. The number of aliphatic hydroxyl groups is 2. The fourth-order valence-electron chi connectivity index (χ4n) is 7.17. The molecule has 83 heavy (non-hydrogen) atoms. The van der Waals surface area contributed by atoms with Crippen molar-refractivity contribution in [2.45, 2.75) is 227 Å². The van der Waals surface area contributed by atoms with E-state index in [2.05, 4.69) is 96.3 Å². The molecule has 16 heteroatoms. The first-order chi connectivity index (χ1) is 38.2. The quantitative estimate of drug-likeness (QED) is 0.0194. The third kappa shape index (κ3) is 97.6. The van der Waals surface area contributed by atoms with Crippen LogP contribution in [0.5, 0.6) is 0 Å². The van der Waals surface area contributed by atoms with Crippen molar-refractivity contribution in [2.75, 3.05) is 116 Å². The Morgan fingerprint density at radius 3 is 0.542 bits per heavy atom. The van der Waals surface area contributed by atoms with Gasteiger partial charge in [0.25, 0.3) is 0 Å². The van der Waals surface area contributed by atoms with Gasteiger partial charge >= 0.3 is 17.9 Å². The van der Waals surface area contributed by atoms with Crippen LogP contribution in [0.2, 0.25) is 0 Å². The Balaban J connectivity index is -0.000000182. The molecule has 0 amide bonds. The molecule has 15 nitrogen and oxygen atoms in total. The fraction of sp³-hybridized carbons (Fsp3) is 0.776. The van der Waals surface area contributed by atoms with Gasteiger partial charge in [-0.3, -0.25) is 0 Å². The van der Waals surface area contributed by atoms with Gasteiger partial charge in [0.05, 0.1) is 128 Å². The van der Waals surface area contributed by atoms with Gasteiger partial charge in [-0.05, 0) is 104 Å². The first-order valence-electron chi connectivity index (χ1n) is 31.0. The molecule has 0 aliphatic carbocycles. The van der Waals surface area contributed by atoms with E-state index in [0.717, 1.165) is 52.0 Å². The number of aliphatic hydroxyl groups excluding tert-OH is 2. The Hall–Kier alpha value is -3.86. The van der Waals surface area contributed by atoms with Gasteiger partial charge in [-0.15, -0.1) is 0 Å². The molecule has 0 aromatic rings. The second-order valence-corrected chi connectivity index (χ2v) is 25.0. The first-order valence-corrected chi connectivity index (χ1v) is 31.0. The maximum Gasteiger partial charge on any atom is 0.333 e. The highest BCUT2D eigenvalue weighted by molar-refractivity contribution is 5.87. The number of carbonyl (C=O) groups is 5. The van der Waals surface area contributed by atoms with E-state index < -0.39 is 11.9 Å². The zero-order chi connectivity index (χ0) is 64.3. The summed E-state index contributed by atoms with van der Waals surface area (Å²) < 4.78 is 18.5. The molecule has 0 aromatic carbocycles. The van der Waals surface area contributed by atoms with E-state index in [9.17, 15) is 34.2 Å². The summed E-state index contributed by atoms with van der Waals surface area (Å²) in [7, 11) is 20.4. The highest BCUT2D eigenvalue weighted by atomic mass is 35.5. The van der Waals surface area contributed by atoms with Crippen molar-refractivity contribution in [1.82, 2.24) is 0 Å². The van der Waals surface area contributed by atoms with Gasteiger partial charge in [-0.25, -0.2) is 14.4 Å². The molecule has 0 rings (SSSR count). The monoisotopic (exact) mass is 1200 g/mol. The van der Waals surface area contributed by atoms with E-state index in [1.165, 1.54) is 188 Å². The number of quaternary nitrogens is 3. The van der Waals surface area contributed by atoms with E-state index >= 15 is 0 Å². The number of unbranched alkanes of at least 4 members (excludes halogenated alkanes) is 27. The molecule has 0 aliphatic rings. The van der Waals surface area contributed by atoms with Crippen molar-refractivity contribution < 1.29 is 84.5 Å². The van der Waals surface area contributed by atoms with Crippen molar-refractivity contribution in [2.24, 2.45) is 0 Å². The molecule has 0 radical (unpaired) electrons. The Bertz CT molecular complexity index is 1450. The zero-order valence-corrected chi connectivity index (χ0v) is 56.9. The van der Waals surface area contributed by atoms with Crippen LogP contribution in [0.1, 0.15) is 227 Å². The molecule has 0 heterocycles. The lowest BCUT2D eigenvalue weighted by atomic mass is 10.1. The standard InChI is InChI=1S/3C19H38NO2.2C4H6O2.C2H6O2.ClH/c3*1-18(2)19(21)22-17-15-13-11-9-7-6-8-10-12-14-16-20(3,4)5;2*1-3(2)4(5)6;3-1-2-4;/h3*1,6-17H2,2-5H3;2*1H2,2H3,(H,5,6);3-4H,1-2H2;1H/q3*+1;;;;/p-3. The van der Waals surface area contributed by atoms with Crippen LogP contribution in [0, 0.1) is 0 Å². The number of rotatable bonds is 45. The summed E-state index contributed by atoms with van der Waals surface area (Å²) in [4.78, 5) is 52.4. The highest BCUT2D eigenvalue weighted by Gasteiger charge is 2.08. The van der Waals surface area contributed by atoms with E-state index in [1.54, 1.807) is 20.8 Å². The van der Waals surface area contributed by atoms with Gasteiger partial charge in [-0.2, -0.15) is 0 Å². The minimum absolute atomic E-state index is 0. The minimum Gasteiger partial charge on any atom is -1.00 e. The third-order valence-corrected chi connectivity index (χ3v) is 12.2. The topological polar surface area (TPSA) is 200 Å². The summed E-state index contributed by atoms with van der Waals surface area (Å²) in [5.74, 6) is -3.15. The Labute approximate surface area is 516 Å². The lowest BCUT2D eigenvalue weighted by molar-refractivity contribution is -0.870. The summed E-state index contributed by atoms with van der Waals surface area (Å²) in [5.41, 5.74) is 1.59. The zero-order valence-electron chi connectivity index (χ0n) is 56.1. The lowest BCUT2D eigenvalue weighted by Gasteiger charge is -2.23. The minimum atomic E-state index is -1.19. The van der Waals surface area contributed by atoms with Gasteiger partial charge in [0.1, 0.15) is 0 Å². The number of ether oxygens (including phenoxy) is 3. The van der Waals surface area contributed by atoms with Gasteiger partial charge < -0.3 is 70.1 Å². The van der Waals surface area contributed by atoms with Gasteiger partial charge in [-0.1, -0.05) is 168 Å². The molecule has 0 atom stereocenters. The van der Waals surface area contributed by atoms with Gasteiger partial charge in [0, 0.05) is 16.7 Å². The predicted octanol–water partition coefficient (Wildman–Crippen LogP) is 8.74. The smallest absolute Gasteiger partial charge is 0.333 e. The second kappa shape index (κ2) is 64.1. The largest absolute Gasteiger partial charge is 1.00 e. The maximum absolute atomic E-state index is 11.2. The summed E-state index contributed by atoms with van der Waals surface area (Å²) in [6.07, 6.45) is 38.8. The molecular weight excluding hydrogens is 1070 g/mol. The number of carboxylic acids is 2. The van der Waals surface area contributed by atoms with E-state index in [1.807, 2.05) is 0 Å². The molecule has 2 N–H and O–H groups in total. The molecule has 0 aliphatic heterocycles. The number of nitrogens with zero attached hydrogens (tertiary/aromatic N) is 3. The molecule has 492 valence electrons. The molecule has 0 bridgehead atoms. The predicted molar refractivity (Wildman–Crippen MR) is 338 cm³/mol. The maximum atomic E-state index is 11.2. The van der Waals surface area contributed by atoms with Crippen molar-refractivity contribution >= 4 is 29.8 Å². The second-order valence-electron chi connectivity index (χ2n) is 25.0. The van der Waals surface area contributed by atoms with Crippen LogP contribution in [0.3, 0.4) is 0 Å². The average molecular weight is 1210 g/mol. The van der Waals surface area contributed by atoms with Crippen molar-refractivity contribution in [3.8, 4) is 0 Å². The van der Waals surface area contributed by atoms with Crippen LogP contribution in [0.15, 0.2) is 60.8 Å². The molecule has 0 fully saturated rings. The van der Waals surface area contributed by atoms with Crippen LogP contribution < -0.4 is 22.6 Å². The Kier molecular flexibility index (Phi) is 71.8. The number of hydrogen-bond acceptors (Lipinski definition) is 12. The fourth-order valence-corrected chi connectivity index (χ4v) is 7.17. The molecule has 0 spiro atoms. The molecule has 0 saturated carbocycles. The summed E-state index contributed by atoms with van der Waals surface area (Å²) in [6.45, 7) is 29.9. The number of aliphatic carboxylic acids is 2. The SMILES string of the molecule is C=C(C)C(=O)OCCCCCCCCCCCC[N+](C)(C)C.C=C(C)C(=O)OCCCCCCCCCCCC[N+](C)(C)C.C=C(C)C(=O)OCCCCCCCCCCCC[N+](C)(C)C.C=C(C)C(=O)[O-].C=C(C)C(=O)[O-].OCCO.[Cl-]. The average Bonchev–Trinajstić information content (AvgIpc) is 3.37. The van der Waals surface area contributed by atoms with Crippen LogP contribution in [-0.2, 0) is 38.2 Å². The summed E-state index contributed by atoms with van der Waals surface area (Å²) in [5, 5.41) is 34.2. The number of hydrogen-bond donors (Lipinski definition) is 2. The third-order valence-electron chi connectivity index (χ3n) is 12.2. The van der Waals surface area contributed by atoms with Crippen LogP contribution in [-0.4, -0.2) is 170 Å². The number of esters is 3. The number of halogens is 1. The number of carbonyl (C=O) groups excluding carboxylic acids is 5. The number of carboxylic acid groups (broad SMARTS) is 2. The molecule has 0 aromatic heterocycles. The van der Waals surface area contributed by atoms with E-state index in [-0.39, 0.29) is 54.7 Å². The Morgan fingerprint density at radius 2 is 0.434 bits per heavy atom. The molecule has 0 unspecified atom stereocenters. The van der Waals surface area contributed by atoms with E-state index in [4.69, 9.17) is 24.4 Å². The van der Waals surface area contributed by atoms with Crippen LogP contribution in [0.4, 0.5) is 0 Å². The Morgan fingerprint density at radius 1 is 0.301 bits per heavy atom. The summed E-state index contributed by atoms with van der Waals surface area (Å²) in [6, 6.07) is 0. The molecule has 0 saturated heterocycles. The van der Waals surface area contributed by atoms with Crippen molar-refractivity contribution in [3.05, 3.63) is 60.8 Å². The molecular formula is C67H130ClN3O12. The van der Waals surface area contributed by atoms with Gasteiger partial charge in [0.2, 0.25) is 0 Å². The lowest BCUT2D eigenvalue weighted by Crippen LogP contribution is -3.00. The van der Waals surface area contributed by atoms with Crippen molar-refractivity contribution in [1.29, 1.82) is 0 Å². The normalized spacial score (nSPS) is 10.6. The van der Waals surface area contributed by atoms with Gasteiger partial charge in [0.15, 0.2) is 0 Å². The first kappa shape index (κ1) is 92.9. The van der Waals surface area contributed by atoms with E-state index in [0.29, 0.717) is 36.5 Å². The van der Waals surface area contributed by atoms with Crippen LogP contribution >= 0.6 is 0 Å². The van der Waals surface area contributed by atoms with Crippen molar-refractivity contribution in [3.63, 3.8) is 0 Å². The highest BCUT2D eigenvalue weighted by Crippen LogP contribution is 2.14.